The van der Waals surface area contributed by atoms with Crippen LogP contribution in [0.5, 0.6) is 5.75 Å². The number of hydrogen-bond acceptors (Lipinski definition) is 6. The van der Waals surface area contributed by atoms with E-state index in [1.165, 1.54) is 18.1 Å². The van der Waals surface area contributed by atoms with Gasteiger partial charge in [0.2, 0.25) is 0 Å². The number of methoxy groups -OCH3 is 1. The van der Waals surface area contributed by atoms with Crippen LogP contribution >= 0.6 is 0 Å². The third kappa shape index (κ3) is 2.47. The molecule has 2 aromatic rings. The predicted octanol–water partition coefficient (Wildman–Crippen LogP) is 1.70. The molecule has 0 fully saturated rings. The first kappa shape index (κ1) is 15.6. The van der Waals surface area contributed by atoms with Crippen LogP contribution in [0.4, 0.5) is 17.2 Å². The number of nitrogens with one attached hydrogen (secondary N) is 1. The highest BCUT2D eigenvalue weighted by Gasteiger charge is 2.30. The number of carbonyl (C=O) groups is 2. The van der Waals surface area contributed by atoms with Crippen LogP contribution in [-0.4, -0.2) is 41.0 Å². The molecule has 0 aliphatic carbocycles. The molecule has 24 heavy (non-hydrogen) atoms. The van der Waals surface area contributed by atoms with Crippen LogP contribution < -0.4 is 15.8 Å². The van der Waals surface area contributed by atoms with Gasteiger partial charge in [-0.2, -0.15) is 0 Å². The number of nitrogen functional groups attached to an aromatic ring is 1. The van der Waals surface area contributed by atoms with Crippen LogP contribution in [0, 0.1) is 0 Å². The van der Waals surface area contributed by atoms with Gasteiger partial charge < -0.3 is 25.8 Å². The summed E-state index contributed by atoms with van der Waals surface area (Å²) in [6.07, 6.45) is 0. The number of rotatable bonds is 4. The second-order valence-electron chi connectivity index (χ2n) is 5.39. The van der Waals surface area contributed by atoms with E-state index < -0.39 is 5.97 Å². The van der Waals surface area contributed by atoms with Gasteiger partial charge in [0.15, 0.2) is 5.75 Å². The number of benzene rings is 1. The first-order chi connectivity index (χ1) is 11.4. The maximum absolute atomic E-state index is 12.3. The number of carboxylic acids is 1. The van der Waals surface area contributed by atoms with Crippen LogP contribution in [0.2, 0.25) is 0 Å². The second-order valence-corrected chi connectivity index (χ2v) is 5.39. The van der Waals surface area contributed by atoms with E-state index in [-0.39, 0.29) is 23.0 Å². The van der Waals surface area contributed by atoms with Crippen molar-refractivity contribution in [3.8, 4) is 5.75 Å². The molecule has 0 unspecified atom stereocenters. The Balaban J connectivity index is 2.10. The Labute approximate surface area is 137 Å². The van der Waals surface area contributed by atoms with Gasteiger partial charge in [0.1, 0.15) is 11.4 Å². The van der Waals surface area contributed by atoms with Crippen molar-refractivity contribution in [1.82, 2.24) is 9.88 Å². The van der Waals surface area contributed by atoms with Crippen molar-refractivity contribution < 1.29 is 19.4 Å². The number of hydrogen-bond donors (Lipinski definition) is 3. The van der Waals surface area contributed by atoms with Gasteiger partial charge >= 0.3 is 5.97 Å². The lowest BCUT2D eigenvalue weighted by Gasteiger charge is -2.15. The maximum Gasteiger partial charge on any atom is 0.339 e. The molecule has 8 heteroatoms. The lowest BCUT2D eigenvalue weighted by molar-refractivity contribution is 0.0692. The van der Waals surface area contributed by atoms with Crippen molar-refractivity contribution in [2.45, 2.75) is 6.54 Å². The molecule has 1 aromatic heterocycles. The molecule has 0 spiro atoms. The molecule has 0 atom stereocenters. The summed E-state index contributed by atoms with van der Waals surface area (Å²) >= 11 is 0. The van der Waals surface area contributed by atoms with E-state index in [4.69, 9.17) is 10.5 Å². The molecule has 0 saturated heterocycles. The zero-order valence-electron chi connectivity index (χ0n) is 13.2. The molecule has 8 nitrogen and oxygen atoms in total. The van der Waals surface area contributed by atoms with E-state index in [0.29, 0.717) is 29.2 Å². The number of amides is 1. The Hall–Kier alpha value is -3.29. The average molecular weight is 328 g/mol. The molecule has 1 aliphatic rings. The Bertz CT molecular complexity index is 850. The van der Waals surface area contributed by atoms with Crippen LogP contribution in [-0.2, 0) is 6.54 Å². The van der Waals surface area contributed by atoms with Crippen LogP contribution in [0.15, 0.2) is 24.3 Å². The number of aromatic nitrogens is 1. The SMILES string of the molecule is COc1c(Nc2cc(N)nc3c2C(=O)N(C)C3)cccc1C(=O)O. The smallest absolute Gasteiger partial charge is 0.339 e. The van der Waals surface area contributed by atoms with Crippen molar-refractivity contribution in [3.05, 3.63) is 41.1 Å². The highest BCUT2D eigenvalue weighted by atomic mass is 16.5. The molecule has 124 valence electrons. The fourth-order valence-corrected chi connectivity index (χ4v) is 2.73. The van der Waals surface area contributed by atoms with Gasteiger partial charge in [-0.15, -0.1) is 0 Å². The molecule has 0 saturated carbocycles. The summed E-state index contributed by atoms with van der Waals surface area (Å²) in [6.45, 7) is 0.375. The number of pyridine rings is 1. The zero-order valence-corrected chi connectivity index (χ0v) is 13.2. The van der Waals surface area contributed by atoms with Crippen LogP contribution in [0.3, 0.4) is 0 Å². The molecule has 0 radical (unpaired) electrons. The number of fused-ring (bicyclic) bond motifs is 1. The summed E-state index contributed by atoms with van der Waals surface area (Å²) in [5, 5.41) is 12.3. The number of nitrogens with zero attached hydrogens (tertiary/aromatic N) is 2. The lowest BCUT2D eigenvalue weighted by Crippen LogP contribution is -2.18. The van der Waals surface area contributed by atoms with E-state index in [1.54, 1.807) is 25.2 Å². The Kier molecular flexibility index (Phi) is 3.72. The maximum atomic E-state index is 12.3. The standard InChI is InChI=1S/C16H16N4O4/c1-20-7-11-13(15(20)21)10(6-12(17)19-11)18-9-5-3-4-8(16(22)23)14(9)24-2/h3-6H,7H2,1-2H3,(H,22,23)(H3,17,18,19). The average Bonchev–Trinajstić information content (AvgIpc) is 2.81. The first-order valence-corrected chi connectivity index (χ1v) is 7.14. The topological polar surface area (TPSA) is 118 Å². The van der Waals surface area contributed by atoms with Gasteiger partial charge in [0, 0.05) is 13.1 Å². The molecule has 1 aliphatic heterocycles. The summed E-state index contributed by atoms with van der Waals surface area (Å²) in [4.78, 5) is 29.4. The fraction of sp³-hybridized carbons (Fsp3) is 0.188. The monoisotopic (exact) mass is 328 g/mol. The highest BCUT2D eigenvalue weighted by molar-refractivity contribution is 6.04. The first-order valence-electron chi connectivity index (χ1n) is 7.14. The molecule has 1 aromatic carbocycles. The Morgan fingerprint density at radius 3 is 2.83 bits per heavy atom. The fourth-order valence-electron chi connectivity index (χ4n) is 2.73. The molecular weight excluding hydrogens is 312 g/mol. The zero-order chi connectivity index (χ0) is 17.4. The Morgan fingerprint density at radius 1 is 1.42 bits per heavy atom. The van der Waals surface area contributed by atoms with Gasteiger partial charge in [0.05, 0.1) is 36.3 Å². The highest BCUT2D eigenvalue weighted by Crippen LogP contribution is 2.35. The third-order valence-corrected chi connectivity index (χ3v) is 3.78. The minimum atomic E-state index is -1.11. The minimum Gasteiger partial charge on any atom is -0.494 e. The number of carbonyl (C=O) groups excluding carboxylic acids is 1. The van der Waals surface area contributed by atoms with Crippen molar-refractivity contribution in [2.24, 2.45) is 0 Å². The summed E-state index contributed by atoms with van der Waals surface area (Å²) in [7, 11) is 3.06. The van der Waals surface area contributed by atoms with Crippen LogP contribution in [0.25, 0.3) is 0 Å². The molecule has 3 rings (SSSR count). The third-order valence-electron chi connectivity index (χ3n) is 3.78. The Morgan fingerprint density at radius 2 is 2.17 bits per heavy atom. The van der Waals surface area contributed by atoms with Crippen molar-refractivity contribution in [3.63, 3.8) is 0 Å². The number of carboxylic acid groups (broad SMARTS) is 1. The van der Waals surface area contributed by atoms with Gasteiger partial charge in [-0.1, -0.05) is 6.07 Å². The quantitative estimate of drug-likeness (QED) is 0.781. The van der Waals surface area contributed by atoms with E-state index in [0.717, 1.165) is 0 Å². The van der Waals surface area contributed by atoms with Gasteiger partial charge in [-0.25, -0.2) is 9.78 Å². The van der Waals surface area contributed by atoms with E-state index in [9.17, 15) is 14.7 Å². The number of aromatic carboxylic acids is 1. The number of para-hydroxylation sites is 1. The number of nitrogens with two attached hydrogens (primary N) is 1. The van der Waals surface area contributed by atoms with Crippen molar-refractivity contribution in [2.75, 3.05) is 25.2 Å². The van der Waals surface area contributed by atoms with Crippen molar-refractivity contribution in [1.29, 1.82) is 0 Å². The molecule has 4 N–H and O–H groups in total. The largest absolute Gasteiger partial charge is 0.494 e. The normalized spacial score (nSPS) is 12.9. The van der Waals surface area contributed by atoms with Crippen LogP contribution in [0.1, 0.15) is 26.4 Å². The van der Waals surface area contributed by atoms with Gasteiger partial charge in [-0.3, -0.25) is 4.79 Å². The van der Waals surface area contributed by atoms with E-state index in [1.807, 2.05) is 0 Å². The summed E-state index contributed by atoms with van der Waals surface area (Å²) in [5.74, 6) is -0.834. The minimum absolute atomic E-state index is 0.0182. The summed E-state index contributed by atoms with van der Waals surface area (Å²) in [6, 6.07) is 6.24. The number of anilines is 3. The predicted molar refractivity (Wildman–Crippen MR) is 87.7 cm³/mol. The molecule has 2 heterocycles. The van der Waals surface area contributed by atoms with E-state index in [2.05, 4.69) is 10.3 Å². The van der Waals surface area contributed by atoms with Crippen molar-refractivity contribution >= 4 is 29.1 Å². The molecular formula is C16H16N4O4. The lowest BCUT2D eigenvalue weighted by atomic mass is 10.1. The summed E-state index contributed by atoms with van der Waals surface area (Å²) < 4.78 is 5.22. The second kappa shape index (κ2) is 5.73. The van der Waals surface area contributed by atoms with Gasteiger partial charge in [-0.05, 0) is 12.1 Å². The summed E-state index contributed by atoms with van der Waals surface area (Å²) in [5.41, 5.74) is 7.73. The van der Waals surface area contributed by atoms with Gasteiger partial charge in [0.25, 0.3) is 5.91 Å². The molecule has 0 bridgehead atoms. The van der Waals surface area contributed by atoms with E-state index >= 15 is 0 Å². The number of ether oxygens (including phenoxy) is 1. The molecule has 1 amide bonds.